The molecule has 2 aliphatic rings. The van der Waals surface area contributed by atoms with Gasteiger partial charge in [-0.2, -0.15) is 4.31 Å². The molecule has 0 aromatic heterocycles. The summed E-state index contributed by atoms with van der Waals surface area (Å²) in [6, 6.07) is 3.70. The molecule has 7 nitrogen and oxygen atoms in total. The first-order valence-corrected chi connectivity index (χ1v) is 8.98. The lowest BCUT2D eigenvalue weighted by molar-refractivity contribution is -0.126. The maximum absolute atomic E-state index is 12.7. The van der Waals surface area contributed by atoms with Gasteiger partial charge < -0.3 is 5.32 Å². The smallest absolute Gasteiger partial charge is 0.324 e. The van der Waals surface area contributed by atoms with Crippen molar-refractivity contribution in [2.24, 2.45) is 0 Å². The van der Waals surface area contributed by atoms with Crippen LogP contribution in [0.15, 0.2) is 23.1 Å². The SMILES string of the molecule is Cc1ccc(S(=O)(=O)N2CCC(N3C(=O)CNC3=O)C2)cc1Cl. The van der Waals surface area contributed by atoms with E-state index in [0.717, 1.165) is 10.5 Å². The Hall–Kier alpha value is -1.64. The topological polar surface area (TPSA) is 86.8 Å². The van der Waals surface area contributed by atoms with Crippen LogP contribution in [-0.2, 0) is 14.8 Å². The van der Waals surface area contributed by atoms with Gasteiger partial charge in [-0.1, -0.05) is 17.7 Å². The Morgan fingerprint density at radius 1 is 1.30 bits per heavy atom. The third-order valence-corrected chi connectivity index (χ3v) is 6.42. The minimum atomic E-state index is -3.70. The van der Waals surface area contributed by atoms with Gasteiger partial charge in [-0.3, -0.25) is 9.69 Å². The van der Waals surface area contributed by atoms with Crippen molar-refractivity contribution in [1.82, 2.24) is 14.5 Å². The second kappa shape index (κ2) is 5.77. The second-order valence-corrected chi connectivity index (χ2v) is 7.98. The number of benzene rings is 1. The third kappa shape index (κ3) is 2.82. The molecule has 0 radical (unpaired) electrons. The lowest BCUT2D eigenvalue weighted by Gasteiger charge is -2.21. The quantitative estimate of drug-likeness (QED) is 0.816. The van der Waals surface area contributed by atoms with Crippen LogP contribution in [0.5, 0.6) is 0 Å². The Labute approximate surface area is 139 Å². The van der Waals surface area contributed by atoms with Gasteiger partial charge in [0.1, 0.15) is 0 Å². The van der Waals surface area contributed by atoms with E-state index in [1.807, 2.05) is 0 Å². The minimum Gasteiger partial charge on any atom is -0.329 e. The van der Waals surface area contributed by atoms with Crippen molar-refractivity contribution < 1.29 is 18.0 Å². The third-order valence-electron chi connectivity index (χ3n) is 4.15. The predicted octanol–water partition coefficient (Wildman–Crippen LogP) is 0.963. The molecule has 0 aliphatic carbocycles. The van der Waals surface area contributed by atoms with Crippen molar-refractivity contribution in [2.75, 3.05) is 19.6 Å². The maximum atomic E-state index is 12.7. The van der Waals surface area contributed by atoms with Gasteiger partial charge in [0, 0.05) is 18.1 Å². The first-order chi connectivity index (χ1) is 10.8. The number of sulfonamides is 1. The van der Waals surface area contributed by atoms with Crippen LogP contribution in [-0.4, -0.2) is 55.2 Å². The van der Waals surface area contributed by atoms with Crippen LogP contribution < -0.4 is 5.32 Å². The molecule has 1 aromatic rings. The zero-order valence-electron chi connectivity index (χ0n) is 12.5. The van der Waals surface area contributed by atoms with E-state index in [-0.39, 0.29) is 30.4 Å². The first-order valence-electron chi connectivity index (χ1n) is 7.17. The number of imide groups is 1. The van der Waals surface area contributed by atoms with Crippen LogP contribution in [0.4, 0.5) is 4.79 Å². The lowest BCUT2D eigenvalue weighted by atomic mass is 10.2. The first kappa shape index (κ1) is 16.2. The molecule has 2 fully saturated rings. The number of carbonyl (C=O) groups excluding carboxylic acids is 2. The number of urea groups is 1. The molecule has 23 heavy (non-hydrogen) atoms. The normalized spacial score (nSPS) is 22.7. The Morgan fingerprint density at radius 2 is 2.04 bits per heavy atom. The van der Waals surface area contributed by atoms with Crippen LogP contribution in [0.25, 0.3) is 0 Å². The van der Waals surface area contributed by atoms with Crippen molar-refractivity contribution in [3.8, 4) is 0 Å². The summed E-state index contributed by atoms with van der Waals surface area (Å²) in [6.45, 7) is 2.13. The van der Waals surface area contributed by atoms with Crippen molar-refractivity contribution in [2.45, 2.75) is 24.3 Å². The van der Waals surface area contributed by atoms with E-state index in [9.17, 15) is 18.0 Å². The summed E-state index contributed by atoms with van der Waals surface area (Å²) in [5.74, 6) is -0.322. The summed E-state index contributed by atoms with van der Waals surface area (Å²) < 4.78 is 26.7. The zero-order valence-corrected chi connectivity index (χ0v) is 14.0. The number of nitrogens with one attached hydrogen (secondary N) is 1. The molecule has 1 aromatic carbocycles. The number of hydrogen-bond donors (Lipinski definition) is 1. The van der Waals surface area contributed by atoms with E-state index < -0.39 is 22.1 Å². The van der Waals surface area contributed by atoms with Crippen LogP contribution >= 0.6 is 11.6 Å². The highest BCUT2D eigenvalue weighted by Crippen LogP contribution is 2.27. The summed E-state index contributed by atoms with van der Waals surface area (Å²) in [5.41, 5.74) is 0.796. The molecule has 9 heteroatoms. The molecular formula is C14H16ClN3O4S. The average molecular weight is 358 g/mol. The Morgan fingerprint density at radius 3 is 2.65 bits per heavy atom. The van der Waals surface area contributed by atoms with E-state index in [2.05, 4.69) is 5.32 Å². The van der Waals surface area contributed by atoms with E-state index in [4.69, 9.17) is 11.6 Å². The number of halogens is 1. The van der Waals surface area contributed by atoms with Gasteiger partial charge in [0.25, 0.3) is 0 Å². The van der Waals surface area contributed by atoms with Crippen LogP contribution in [0.2, 0.25) is 5.02 Å². The molecule has 3 amide bonds. The highest BCUT2D eigenvalue weighted by Gasteiger charge is 2.41. The molecule has 0 spiro atoms. The Balaban J connectivity index is 1.81. The molecule has 124 valence electrons. The lowest BCUT2D eigenvalue weighted by Crippen LogP contribution is -2.42. The van der Waals surface area contributed by atoms with E-state index >= 15 is 0 Å². The molecule has 1 unspecified atom stereocenters. The van der Waals surface area contributed by atoms with Gasteiger partial charge in [0.15, 0.2) is 0 Å². The van der Waals surface area contributed by atoms with Gasteiger partial charge in [0.05, 0.1) is 17.5 Å². The fourth-order valence-corrected chi connectivity index (χ4v) is 4.59. The number of nitrogens with zero attached hydrogens (tertiary/aromatic N) is 2. The van der Waals surface area contributed by atoms with Gasteiger partial charge in [-0.15, -0.1) is 0 Å². The number of hydrogen-bond acceptors (Lipinski definition) is 4. The van der Waals surface area contributed by atoms with E-state index in [0.29, 0.717) is 11.4 Å². The van der Waals surface area contributed by atoms with Gasteiger partial charge >= 0.3 is 6.03 Å². The van der Waals surface area contributed by atoms with Crippen LogP contribution in [0.1, 0.15) is 12.0 Å². The summed E-state index contributed by atoms with van der Waals surface area (Å²) in [5, 5.41) is 2.83. The fourth-order valence-electron chi connectivity index (χ4n) is 2.83. The zero-order chi connectivity index (χ0) is 16.8. The molecule has 2 saturated heterocycles. The maximum Gasteiger partial charge on any atom is 0.324 e. The standard InChI is InChI=1S/C14H16ClN3O4S/c1-9-2-3-11(6-12(9)15)23(21,22)17-5-4-10(8-17)18-13(19)7-16-14(18)20/h2-3,6,10H,4-5,7-8H2,1H3,(H,16,20). The second-order valence-electron chi connectivity index (χ2n) is 5.64. The highest BCUT2D eigenvalue weighted by molar-refractivity contribution is 7.89. The monoisotopic (exact) mass is 357 g/mol. The average Bonchev–Trinajstić information content (AvgIpc) is 3.09. The number of carbonyl (C=O) groups is 2. The Kier molecular flexibility index (Phi) is 4.07. The summed E-state index contributed by atoms with van der Waals surface area (Å²) in [6.07, 6.45) is 0.429. The van der Waals surface area contributed by atoms with Crippen molar-refractivity contribution in [3.05, 3.63) is 28.8 Å². The minimum absolute atomic E-state index is 0.0321. The van der Waals surface area contributed by atoms with E-state index in [1.54, 1.807) is 13.0 Å². The number of aryl methyl sites for hydroxylation is 1. The molecule has 0 saturated carbocycles. The Bertz CT molecular complexity index is 764. The van der Waals surface area contributed by atoms with Gasteiger partial charge in [0.2, 0.25) is 15.9 Å². The van der Waals surface area contributed by atoms with Crippen LogP contribution in [0, 0.1) is 6.92 Å². The molecule has 2 aliphatic heterocycles. The van der Waals surface area contributed by atoms with Crippen molar-refractivity contribution >= 4 is 33.6 Å². The number of amides is 3. The van der Waals surface area contributed by atoms with Gasteiger partial charge in [-0.25, -0.2) is 13.2 Å². The largest absolute Gasteiger partial charge is 0.329 e. The summed E-state index contributed by atoms with van der Waals surface area (Å²) in [4.78, 5) is 24.7. The van der Waals surface area contributed by atoms with Crippen molar-refractivity contribution in [1.29, 1.82) is 0 Å². The molecule has 1 atom stereocenters. The van der Waals surface area contributed by atoms with Crippen LogP contribution in [0.3, 0.4) is 0 Å². The predicted molar refractivity (Wildman–Crippen MR) is 83.6 cm³/mol. The molecule has 1 N–H and O–H groups in total. The molecule has 3 rings (SSSR count). The highest BCUT2D eigenvalue weighted by atomic mass is 35.5. The molecule has 0 bridgehead atoms. The van der Waals surface area contributed by atoms with Gasteiger partial charge in [-0.05, 0) is 31.0 Å². The van der Waals surface area contributed by atoms with Crippen molar-refractivity contribution in [3.63, 3.8) is 0 Å². The summed E-state index contributed by atoms with van der Waals surface area (Å²) >= 11 is 6.01. The van der Waals surface area contributed by atoms with E-state index in [1.165, 1.54) is 16.4 Å². The molecular weight excluding hydrogens is 342 g/mol. The fraction of sp³-hybridized carbons (Fsp3) is 0.429. The molecule has 2 heterocycles. The number of rotatable bonds is 3. The summed E-state index contributed by atoms with van der Waals surface area (Å²) in [7, 11) is -3.70.